The zero-order valence-corrected chi connectivity index (χ0v) is 19.6. The van der Waals surface area contributed by atoms with E-state index in [1.807, 2.05) is 0 Å². The van der Waals surface area contributed by atoms with Gasteiger partial charge in [-0.1, -0.05) is 10.9 Å². The van der Waals surface area contributed by atoms with Crippen LogP contribution in [0.5, 0.6) is 0 Å². The van der Waals surface area contributed by atoms with Gasteiger partial charge in [-0.3, -0.25) is 60.7 Å². The van der Waals surface area contributed by atoms with E-state index in [0.717, 1.165) is 10.9 Å². The fourth-order valence-corrected chi connectivity index (χ4v) is 3.49. The van der Waals surface area contributed by atoms with Crippen LogP contribution in [0.2, 0.25) is 0 Å². The number of nitrogens with zero attached hydrogens (tertiary/aromatic N) is 10. The maximum atomic E-state index is 12.0. The highest BCUT2D eigenvalue weighted by atomic mass is 16.7. The van der Waals surface area contributed by atoms with Crippen molar-refractivity contribution in [2.45, 2.75) is 0 Å². The van der Waals surface area contributed by atoms with Crippen LogP contribution in [-0.4, -0.2) is 49.8 Å². The molecule has 0 saturated heterocycles. The van der Waals surface area contributed by atoms with Gasteiger partial charge >= 0.3 is 17.1 Å². The van der Waals surface area contributed by atoms with E-state index in [0.29, 0.717) is 0 Å². The Hall–Kier alpha value is -7.62. The van der Waals surface area contributed by atoms with Crippen molar-refractivity contribution in [2.75, 3.05) is 10.9 Å². The van der Waals surface area contributed by atoms with Gasteiger partial charge in [-0.25, -0.2) is 20.2 Å². The van der Waals surface area contributed by atoms with E-state index in [2.05, 4.69) is 10.2 Å². The minimum Gasteiger partial charge on any atom is -0.415 e. The molecule has 222 valence electrons. The first-order chi connectivity index (χ1) is 20.0. The number of non-ortho nitro benzene ring substituents is 1. The first-order valence-corrected chi connectivity index (χ1v) is 9.92. The minimum atomic E-state index is -1.95. The second-order valence-electron chi connectivity index (χ2n) is 7.22. The number of benzene rings is 2. The highest BCUT2D eigenvalue weighted by Crippen LogP contribution is 2.54. The maximum absolute atomic E-state index is 12.0. The van der Waals surface area contributed by atoms with Crippen LogP contribution in [0, 0.1) is 80.9 Å². The Morgan fingerprint density at radius 1 is 0.512 bits per heavy atom. The molecular weight excluding hydrogens is 608 g/mol. The molecule has 43 heavy (non-hydrogen) atoms. The lowest BCUT2D eigenvalue weighted by atomic mass is 10.0. The van der Waals surface area contributed by atoms with Gasteiger partial charge < -0.3 is 4.42 Å². The largest absolute Gasteiger partial charge is 0.415 e. The molecule has 0 unspecified atom stereocenters. The fraction of sp³-hybridized carbons (Fsp3) is 0. The molecule has 0 fully saturated rings. The lowest BCUT2D eigenvalue weighted by Crippen LogP contribution is -2.18. The van der Waals surface area contributed by atoms with Gasteiger partial charge in [0.1, 0.15) is 0 Å². The Kier molecular flexibility index (Phi) is 7.56. The summed E-state index contributed by atoms with van der Waals surface area (Å²) < 4.78 is 4.96. The molecule has 29 heteroatoms. The highest BCUT2D eigenvalue weighted by Gasteiger charge is 2.48. The van der Waals surface area contributed by atoms with Gasteiger partial charge in [0.2, 0.25) is 0 Å². The van der Waals surface area contributed by atoms with Crippen molar-refractivity contribution in [1.82, 2.24) is 10.2 Å². The van der Waals surface area contributed by atoms with Crippen molar-refractivity contribution in [3.63, 3.8) is 0 Å². The van der Waals surface area contributed by atoms with Gasteiger partial charge in [-0.05, 0) is 0 Å². The van der Waals surface area contributed by atoms with Crippen molar-refractivity contribution in [3.8, 4) is 22.9 Å². The van der Waals surface area contributed by atoms with Gasteiger partial charge in [-0.2, -0.15) is 0 Å². The second kappa shape index (κ2) is 10.9. The average Bonchev–Trinajstić information content (AvgIpc) is 3.35. The van der Waals surface area contributed by atoms with Crippen LogP contribution in [0.1, 0.15) is 0 Å². The molecule has 0 saturated carbocycles. The molecule has 0 bridgehead atoms. The zero-order chi connectivity index (χ0) is 32.5. The fourth-order valence-electron chi connectivity index (χ4n) is 3.49. The zero-order valence-electron chi connectivity index (χ0n) is 19.6. The lowest BCUT2D eigenvalue weighted by molar-refractivity contribution is -0.453. The summed E-state index contributed by atoms with van der Waals surface area (Å²) in [6.45, 7) is 0. The molecule has 1 heterocycles. The third-order valence-corrected chi connectivity index (χ3v) is 4.91. The monoisotopic (exact) mass is 612 g/mol. The van der Waals surface area contributed by atoms with E-state index in [4.69, 9.17) is 4.42 Å². The summed E-state index contributed by atoms with van der Waals surface area (Å²) in [7, 11) is 0. The van der Waals surface area contributed by atoms with E-state index in [-0.39, 0.29) is 12.1 Å². The number of nitrogens with one attached hydrogen (secondary N) is 2. The summed E-state index contributed by atoms with van der Waals surface area (Å²) in [6, 6.07) is 0.419. The van der Waals surface area contributed by atoms with E-state index >= 15 is 0 Å². The van der Waals surface area contributed by atoms with E-state index in [9.17, 15) is 80.9 Å². The Morgan fingerprint density at radius 3 is 1.19 bits per heavy atom. The lowest BCUT2D eigenvalue weighted by Gasteiger charge is -2.09. The molecular formula is C14H4N12O17. The normalized spacial score (nSPS) is 10.4. The third-order valence-electron chi connectivity index (χ3n) is 4.91. The maximum Gasteiger partial charge on any atom is 0.341 e. The number of aromatic nitrogens is 2. The number of hydrogen-bond donors (Lipinski definition) is 2. The summed E-state index contributed by atoms with van der Waals surface area (Å²) in [5.41, 5.74) is -14.3. The number of hydrazine groups is 2. The average molecular weight is 612 g/mol. The van der Waals surface area contributed by atoms with Crippen LogP contribution in [-0.2, 0) is 0 Å². The summed E-state index contributed by atoms with van der Waals surface area (Å²) in [4.78, 5) is 83.1. The molecule has 29 nitrogen and oxygen atoms in total. The molecule has 0 spiro atoms. The van der Waals surface area contributed by atoms with Crippen molar-refractivity contribution in [3.05, 3.63) is 93.0 Å². The standard InChI is InChI=1S/C14H4N12O17/c27-19(28)3-1-4(20(29)30)6(5(2-3)21(31)32)13-15-16-14(43-13)7-10(22(33)34)8(17-25(39)40)12(24(37)38)9(18-26(41)42)11(7)23(35)36/h1-2,17-18H. The number of hydrogen-bond acceptors (Lipinski definition) is 19. The molecule has 0 aliphatic heterocycles. The minimum absolute atomic E-state index is 0.210. The van der Waals surface area contributed by atoms with Gasteiger partial charge in [0.25, 0.3) is 40.2 Å². The van der Waals surface area contributed by atoms with Crippen molar-refractivity contribution >= 4 is 45.5 Å². The predicted molar refractivity (Wildman–Crippen MR) is 126 cm³/mol. The predicted octanol–water partition coefficient (Wildman–Crippen LogP) is 2.06. The Balaban J connectivity index is 2.58. The molecule has 0 aliphatic carbocycles. The first kappa shape index (κ1) is 29.9. The molecule has 0 radical (unpaired) electrons. The van der Waals surface area contributed by atoms with Crippen LogP contribution >= 0.6 is 0 Å². The first-order valence-electron chi connectivity index (χ1n) is 9.92. The quantitative estimate of drug-likeness (QED) is 0.218. The number of anilines is 2. The van der Waals surface area contributed by atoms with Gasteiger partial charge in [0.05, 0.1) is 41.7 Å². The second-order valence-corrected chi connectivity index (χ2v) is 7.22. The van der Waals surface area contributed by atoms with Crippen LogP contribution in [0.25, 0.3) is 22.9 Å². The Bertz CT molecular complexity index is 1720. The number of rotatable bonds is 12. The SMILES string of the molecule is O=[N+]([O-])Nc1c([N+](=O)[O-])c(N[N+](=O)[O-])c([N+](=O)[O-])c(-c2nnc(-c3c([N+](=O)[O-])cc([N+](=O)[O-])cc3[N+](=O)[O-])o2)c1[N+](=O)[O-]. The molecule has 0 aliphatic rings. The van der Waals surface area contributed by atoms with Gasteiger partial charge in [-0.15, -0.1) is 10.2 Å². The molecule has 3 rings (SSSR count). The number of nitro groups is 8. The topological polar surface area (TPSA) is 408 Å². The van der Waals surface area contributed by atoms with E-state index in [1.54, 1.807) is 0 Å². The molecule has 0 atom stereocenters. The molecule has 2 aromatic carbocycles. The van der Waals surface area contributed by atoms with E-state index in [1.165, 1.54) is 0 Å². The summed E-state index contributed by atoms with van der Waals surface area (Å²) in [6.07, 6.45) is 0. The Labute approximate surface area is 227 Å². The highest BCUT2D eigenvalue weighted by molar-refractivity contribution is 6.00. The van der Waals surface area contributed by atoms with Crippen LogP contribution in [0.3, 0.4) is 0 Å². The summed E-state index contributed by atoms with van der Waals surface area (Å²) in [5.74, 6) is -2.86. The third kappa shape index (κ3) is 5.44. The van der Waals surface area contributed by atoms with Crippen LogP contribution < -0.4 is 10.9 Å². The molecule has 2 N–H and O–H groups in total. The van der Waals surface area contributed by atoms with Crippen molar-refractivity contribution < 1.29 is 44.0 Å². The summed E-state index contributed by atoms with van der Waals surface area (Å²) >= 11 is 0. The van der Waals surface area contributed by atoms with E-state index < -0.39 is 108 Å². The van der Waals surface area contributed by atoms with Crippen molar-refractivity contribution in [2.24, 2.45) is 0 Å². The number of nitro benzene ring substituents is 6. The smallest absolute Gasteiger partial charge is 0.341 e. The van der Waals surface area contributed by atoms with Gasteiger partial charge in [0, 0.05) is 0 Å². The molecule has 0 amide bonds. The Morgan fingerprint density at radius 2 is 0.884 bits per heavy atom. The summed E-state index contributed by atoms with van der Waals surface area (Å²) in [5, 5.41) is 95.2. The van der Waals surface area contributed by atoms with Crippen LogP contribution in [0.4, 0.5) is 45.5 Å². The van der Waals surface area contributed by atoms with Gasteiger partial charge in [0.15, 0.2) is 21.2 Å². The molecule has 1 aromatic heterocycles. The van der Waals surface area contributed by atoms with Crippen LogP contribution in [0.15, 0.2) is 16.5 Å². The van der Waals surface area contributed by atoms with Crippen molar-refractivity contribution in [1.29, 1.82) is 0 Å². The molecule has 3 aromatic rings.